The average molecular weight is 440 g/mol. The first kappa shape index (κ1) is 23.1. The summed E-state index contributed by atoms with van der Waals surface area (Å²) < 4.78 is 11.6. The van der Waals surface area contributed by atoms with Crippen molar-refractivity contribution in [2.24, 2.45) is 34.0 Å². The molecule has 0 aromatic heterocycles. The maximum atomic E-state index is 11.9. The number of rotatable bonds is 2. The van der Waals surface area contributed by atoms with E-state index in [9.17, 15) is 14.9 Å². The second kappa shape index (κ2) is 7.20. The minimum absolute atomic E-state index is 0.0253. The van der Waals surface area contributed by atoms with Crippen LogP contribution in [0.2, 0.25) is 0 Å². The van der Waals surface area contributed by atoms with Gasteiger partial charge in [0.15, 0.2) is 0 Å². The highest BCUT2D eigenvalue weighted by atomic mass is 16.6. The van der Waals surface area contributed by atoms with Gasteiger partial charge in [-0.1, -0.05) is 25.5 Å². The fourth-order valence-corrected chi connectivity index (χ4v) is 8.37. The zero-order valence-corrected chi connectivity index (χ0v) is 20.6. The second-order valence-electron chi connectivity index (χ2n) is 11.8. The summed E-state index contributed by atoms with van der Waals surface area (Å²) in [5.41, 5.74) is 0.856. The van der Waals surface area contributed by atoms with Gasteiger partial charge in [-0.2, -0.15) is 5.26 Å². The lowest BCUT2D eigenvalue weighted by Crippen LogP contribution is -2.55. The second-order valence-corrected chi connectivity index (χ2v) is 11.8. The molecule has 2 saturated carbocycles. The maximum Gasteiger partial charge on any atom is 0.307 e. The van der Waals surface area contributed by atoms with Crippen LogP contribution < -0.4 is 0 Å². The van der Waals surface area contributed by atoms with Gasteiger partial charge in [-0.3, -0.25) is 9.59 Å². The van der Waals surface area contributed by atoms with Gasteiger partial charge in [-0.05, 0) is 82.5 Å². The summed E-state index contributed by atoms with van der Waals surface area (Å²) in [6.07, 6.45) is 8.05. The van der Waals surface area contributed by atoms with Crippen molar-refractivity contribution in [3.05, 3.63) is 23.0 Å². The van der Waals surface area contributed by atoms with E-state index >= 15 is 0 Å². The van der Waals surface area contributed by atoms with E-state index in [1.165, 1.54) is 19.4 Å². The Labute approximate surface area is 192 Å². The van der Waals surface area contributed by atoms with Crippen molar-refractivity contribution in [2.45, 2.75) is 92.6 Å². The fraction of sp³-hybridized carbons (Fsp3) is 0.741. The molecule has 0 spiro atoms. The molecule has 5 nitrogen and oxygen atoms in total. The van der Waals surface area contributed by atoms with E-state index in [1.54, 1.807) is 0 Å². The molecule has 0 aromatic carbocycles. The molecule has 2 fully saturated rings. The molecular formula is C27H37NO4. The van der Waals surface area contributed by atoms with Crippen LogP contribution in [0, 0.1) is 45.3 Å². The lowest BCUT2D eigenvalue weighted by atomic mass is 9.44. The normalized spacial score (nSPS) is 42.1. The highest BCUT2D eigenvalue weighted by molar-refractivity contribution is 5.68. The summed E-state index contributed by atoms with van der Waals surface area (Å²) in [6.45, 7) is 13.9. The Kier molecular flexibility index (Phi) is 5.20. The van der Waals surface area contributed by atoms with E-state index in [0.717, 1.165) is 32.1 Å². The molecule has 0 unspecified atom stereocenters. The molecule has 0 heterocycles. The Balaban J connectivity index is 1.74. The zero-order valence-electron chi connectivity index (χ0n) is 20.6. The summed E-state index contributed by atoms with van der Waals surface area (Å²) in [4.78, 5) is 23.7. The molecule has 0 amide bonds. The van der Waals surface area contributed by atoms with Gasteiger partial charge in [0.2, 0.25) is 0 Å². The molecule has 5 heteroatoms. The largest absolute Gasteiger partial charge is 0.459 e. The van der Waals surface area contributed by atoms with Gasteiger partial charge in [0.25, 0.3) is 0 Å². The SMILES string of the molecule is CC(=O)OC1=C(C#N)C[C@@]2(C)C(=CC[C@@H]3[C@@H]2CC[C@@]2(C)[C@H]3CC[C@]2(C)OC(C)=O)C1(C)C. The molecule has 0 bridgehead atoms. The highest BCUT2D eigenvalue weighted by Crippen LogP contribution is 2.69. The molecule has 0 aromatic rings. The first-order valence-electron chi connectivity index (χ1n) is 12.0. The first-order valence-corrected chi connectivity index (χ1v) is 12.0. The highest BCUT2D eigenvalue weighted by Gasteiger charge is 2.65. The third-order valence-corrected chi connectivity index (χ3v) is 9.80. The molecular weight excluding hydrogens is 402 g/mol. The number of ether oxygens (including phenoxy) is 2. The molecule has 0 aliphatic heterocycles. The van der Waals surface area contributed by atoms with Crippen LogP contribution in [0.1, 0.15) is 87.0 Å². The molecule has 4 aliphatic carbocycles. The summed E-state index contributed by atoms with van der Waals surface area (Å²) in [5, 5.41) is 9.98. The molecule has 6 atom stereocenters. The van der Waals surface area contributed by atoms with Crippen LogP contribution >= 0.6 is 0 Å². The number of nitriles is 1. The quantitative estimate of drug-likeness (QED) is 0.398. The summed E-state index contributed by atoms with van der Waals surface area (Å²) in [7, 11) is 0. The fourth-order valence-electron chi connectivity index (χ4n) is 8.37. The van der Waals surface area contributed by atoms with Crippen molar-refractivity contribution in [3.8, 4) is 6.07 Å². The molecule has 32 heavy (non-hydrogen) atoms. The van der Waals surface area contributed by atoms with E-state index in [0.29, 0.717) is 35.5 Å². The van der Waals surface area contributed by atoms with Crippen molar-refractivity contribution in [1.82, 2.24) is 0 Å². The van der Waals surface area contributed by atoms with Crippen LogP contribution in [0.4, 0.5) is 0 Å². The van der Waals surface area contributed by atoms with Crippen molar-refractivity contribution in [2.75, 3.05) is 0 Å². The van der Waals surface area contributed by atoms with E-state index in [1.807, 2.05) is 0 Å². The van der Waals surface area contributed by atoms with Gasteiger partial charge in [0, 0.05) is 24.7 Å². The van der Waals surface area contributed by atoms with Gasteiger partial charge in [0.05, 0.1) is 11.6 Å². The molecule has 0 saturated heterocycles. The van der Waals surface area contributed by atoms with Gasteiger partial charge in [0.1, 0.15) is 11.4 Å². The Bertz CT molecular complexity index is 969. The topological polar surface area (TPSA) is 76.4 Å². The van der Waals surface area contributed by atoms with Gasteiger partial charge < -0.3 is 9.47 Å². The Hall–Kier alpha value is -2.09. The number of hydrogen-bond acceptors (Lipinski definition) is 5. The zero-order chi connectivity index (χ0) is 23.7. The maximum absolute atomic E-state index is 11.9. The van der Waals surface area contributed by atoms with Crippen molar-refractivity contribution >= 4 is 11.9 Å². The molecule has 174 valence electrons. The van der Waals surface area contributed by atoms with Crippen LogP contribution in [0.5, 0.6) is 0 Å². The predicted molar refractivity (Wildman–Crippen MR) is 121 cm³/mol. The molecule has 4 aliphatic rings. The van der Waals surface area contributed by atoms with Crippen LogP contribution in [-0.4, -0.2) is 17.5 Å². The van der Waals surface area contributed by atoms with Crippen LogP contribution in [0.25, 0.3) is 0 Å². The molecule has 4 rings (SSSR count). The number of fused-ring (bicyclic) bond motifs is 5. The number of nitrogens with zero attached hydrogens (tertiary/aromatic N) is 1. The third-order valence-electron chi connectivity index (χ3n) is 9.80. The monoisotopic (exact) mass is 439 g/mol. The van der Waals surface area contributed by atoms with Crippen LogP contribution in [0.3, 0.4) is 0 Å². The lowest BCUT2D eigenvalue weighted by Gasteiger charge is -2.60. The van der Waals surface area contributed by atoms with E-state index < -0.39 is 11.0 Å². The predicted octanol–water partition coefficient (Wildman–Crippen LogP) is 5.86. The number of esters is 2. The molecule has 0 radical (unpaired) electrons. The van der Waals surface area contributed by atoms with Gasteiger partial charge in [-0.25, -0.2) is 0 Å². The summed E-state index contributed by atoms with van der Waals surface area (Å²) >= 11 is 0. The van der Waals surface area contributed by atoms with Gasteiger partial charge in [-0.15, -0.1) is 0 Å². The number of allylic oxidation sites excluding steroid dienone is 3. The van der Waals surface area contributed by atoms with Crippen molar-refractivity contribution in [3.63, 3.8) is 0 Å². The Morgan fingerprint density at radius 2 is 1.69 bits per heavy atom. The smallest absolute Gasteiger partial charge is 0.307 e. The minimum atomic E-state index is -0.489. The van der Waals surface area contributed by atoms with Crippen molar-refractivity contribution < 1.29 is 19.1 Å². The van der Waals surface area contributed by atoms with Crippen molar-refractivity contribution in [1.29, 1.82) is 5.26 Å². The third kappa shape index (κ3) is 3.01. The van der Waals surface area contributed by atoms with E-state index in [4.69, 9.17) is 9.47 Å². The van der Waals surface area contributed by atoms with Crippen LogP contribution in [-0.2, 0) is 19.1 Å². The summed E-state index contributed by atoms with van der Waals surface area (Å²) in [5.74, 6) is 1.42. The van der Waals surface area contributed by atoms with Gasteiger partial charge >= 0.3 is 11.9 Å². The number of carbonyl (C=O) groups excluding carboxylic acids is 2. The number of carbonyl (C=O) groups is 2. The number of hydrogen-bond donors (Lipinski definition) is 0. The summed E-state index contributed by atoms with van der Waals surface area (Å²) in [6, 6.07) is 2.37. The average Bonchev–Trinajstić information content (AvgIpc) is 2.93. The van der Waals surface area contributed by atoms with E-state index in [2.05, 4.69) is 46.8 Å². The Morgan fingerprint density at radius 1 is 1.03 bits per heavy atom. The standard InChI is InChI=1S/C27H37NO4/c1-16(29)31-23-18(15-28)14-25(5)20-10-12-26(6)21(11-13-27(26,7)32-17(2)30)19(20)8-9-22(25)24(23,3)4/h9,19-21H,8,10-14H2,1-7H3/t19-,20+,21+,25-,26+,27+/m1/s1. The molecule has 0 N–H and O–H groups in total. The first-order chi connectivity index (χ1) is 14.8. The Morgan fingerprint density at radius 3 is 2.28 bits per heavy atom. The lowest BCUT2D eigenvalue weighted by molar-refractivity contribution is -0.177. The van der Waals surface area contributed by atoms with E-state index in [-0.39, 0.29) is 22.8 Å². The minimum Gasteiger partial charge on any atom is -0.459 e. The van der Waals surface area contributed by atoms with Crippen LogP contribution in [0.15, 0.2) is 23.0 Å².